The molecule has 1 N–H and O–H groups in total. The van der Waals surface area contributed by atoms with Crippen molar-refractivity contribution in [1.82, 2.24) is 0 Å². The lowest BCUT2D eigenvalue weighted by molar-refractivity contribution is -0.138. The zero-order valence-electron chi connectivity index (χ0n) is 11.0. The highest BCUT2D eigenvalue weighted by Gasteiger charge is 2.12. The van der Waals surface area contributed by atoms with Gasteiger partial charge in [0.1, 0.15) is 11.9 Å². The maximum absolute atomic E-state index is 10.6. The third kappa shape index (κ3) is 3.75. The lowest BCUT2D eigenvalue weighted by atomic mass is 10.1. The fraction of sp³-hybridized carbons (Fsp3) is 0.188. The number of carbonyl (C=O) groups is 1. The molecule has 0 radical (unpaired) electrons. The minimum atomic E-state index is -0.894. The van der Waals surface area contributed by atoms with Gasteiger partial charge in [-0.25, -0.2) is 0 Å². The second-order valence-corrected chi connectivity index (χ2v) is 4.94. The molecule has 0 bridgehead atoms. The SMILES string of the molecule is C[C@@H](CC(=O)O)Oc1ccc(-c2ccccc2)cc1Cl. The molecule has 0 fully saturated rings. The van der Waals surface area contributed by atoms with Gasteiger partial charge >= 0.3 is 5.97 Å². The van der Waals surface area contributed by atoms with Crippen LogP contribution in [0.5, 0.6) is 5.75 Å². The number of rotatable bonds is 5. The summed E-state index contributed by atoms with van der Waals surface area (Å²) >= 11 is 6.19. The van der Waals surface area contributed by atoms with E-state index in [1.54, 1.807) is 13.0 Å². The second kappa shape index (κ2) is 6.44. The van der Waals surface area contributed by atoms with Gasteiger partial charge in [0, 0.05) is 0 Å². The van der Waals surface area contributed by atoms with Gasteiger partial charge in [-0.1, -0.05) is 48.0 Å². The summed E-state index contributed by atoms with van der Waals surface area (Å²) in [5, 5.41) is 9.19. The average Bonchev–Trinajstić information content (AvgIpc) is 2.41. The van der Waals surface area contributed by atoms with Crippen LogP contribution in [0.1, 0.15) is 13.3 Å². The van der Waals surface area contributed by atoms with Crippen LogP contribution in [-0.2, 0) is 4.79 Å². The largest absolute Gasteiger partial charge is 0.489 e. The lowest BCUT2D eigenvalue weighted by Gasteiger charge is -2.14. The van der Waals surface area contributed by atoms with Crippen molar-refractivity contribution in [2.45, 2.75) is 19.4 Å². The molecule has 2 aromatic carbocycles. The van der Waals surface area contributed by atoms with Crippen LogP contribution >= 0.6 is 11.6 Å². The van der Waals surface area contributed by atoms with E-state index in [-0.39, 0.29) is 6.42 Å². The number of carboxylic acid groups (broad SMARTS) is 1. The van der Waals surface area contributed by atoms with Gasteiger partial charge in [-0.3, -0.25) is 4.79 Å². The number of benzene rings is 2. The molecule has 0 aromatic heterocycles. The van der Waals surface area contributed by atoms with E-state index in [9.17, 15) is 4.79 Å². The van der Waals surface area contributed by atoms with Crippen LogP contribution < -0.4 is 4.74 Å². The Morgan fingerprint density at radius 1 is 1.20 bits per heavy atom. The highest BCUT2D eigenvalue weighted by Crippen LogP contribution is 2.31. The molecule has 20 heavy (non-hydrogen) atoms. The molecule has 0 aliphatic carbocycles. The summed E-state index contributed by atoms with van der Waals surface area (Å²) in [6.07, 6.45) is -0.482. The molecule has 4 heteroatoms. The third-order valence-electron chi connectivity index (χ3n) is 2.83. The molecule has 0 saturated heterocycles. The summed E-state index contributed by atoms with van der Waals surface area (Å²) in [4.78, 5) is 10.6. The molecule has 3 nitrogen and oxygen atoms in total. The fourth-order valence-electron chi connectivity index (χ4n) is 1.91. The van der Waals surface area contributed by atoms with Crippen molar-refractivity contribution in [2.75, 3.05) is 0 Å². The van der Waals surface area contributed by atoms with Crippen molar-refractivity contribution in [1.29, 1.82) is 0 Å². The van der Waals surface area contributed by atoms with E-state index in [2.05, 4.69) is 0 Å². The predicted molar refractivity (Wildman–Crippen MR) is 79.2 cm³/mol. The number of halogens is 1. The van der Waals surface area contributed by atoms with Gasteiger partial charge in [0.05, 0.1) is 11.4 Å². The van der Waals surface area contributed by atoms with E-state index >= 15 is 0 Å². The number of carboxylic acids is 1. The van der Waals surface area contributed by atoms with Crippen molar-refractivity contribution in [3.8, 4) is 16.9 Å². The molecule has 0 heterocycles. The molecule has 2 aromatic rings. The number of ether oxygens (including phenoxy) is 1. The van der Waals surface area contributed by atoms with Crippen molar-refractivity contribution < 1.29 is 14.6 Å². The van der Waals surface area contributed by atoms with Crippen molar-refractivity contribution in [3.63, 3.8) is 0 Å². The van der Waals surface area contributed by atoms with Crippen LogP contribution in [0.2, 0.25) is 5.02 Å². The molecule has 1 atom stereocenters. The summed E-state index contributed by atoms with van der Waals surface area (Å²) < 4.78 is 5.53. The van der Waals surface area contributed by atoms with Crippen LogP contribution in [-0.4, -0.2) is 17.2 Å². The summed E-state index contributed by atoms with van der Waals surface area (Å²) in [7, 11) is 0. The van der Waals surface area contributed by atoms with E-state index in [0.29, 0.717) is 10.8 Å². The van der Waals surface area contributed by atoms with Crippen LogP contribution in [0, 0.1) is 0 Å². The van der Waals surface area contributed by atoms with Crippen LogP contribution in [0.15, 0.2) is 48.5 Å². The highest BCUT2D eigenvalue weighted by molar-refractivity contribution is 6.32. The first-order valence-corrected chi connectivity index (χ1v) is 6.67. The minimum absolute atomic E-state index is 0.0588. The maximum Gasteiger partial charge on any atom is 0.307 e. The Bertz CT molecular complexity index is 596. The minimum Gasteiger partial charge on any atom is -0.489 e. The summed E-state index contributed by atoms with van der Waals surface area (Å²) in [6.45, 7) is 1.70. The van der Waals surface area contributed by atoms with Gasteiger partial charge in [-0.05, 0) is 30.2 Å². The Balaban J connectivity index is 2.16. The van der Waals surface area contributed by atoms with Crippen molar-refractivity contribution >= 4 is 17.6 Å². The van der Waals surface area contributed by atoms with Crippen LogP contribution in [0.4, 0.5) is 0 Å². The number of aliphatic carboxylic acids is 1. The molecular formula is C16H15ClO3. The monoisotopic (exact) mass is 290 g/mol. The third-order valence-corrected chi connectivity index (χ3v) is 3.12. The first-order valence-electron chi connectivity index (χ1n) is 6.29. The van der Waals surface area contributed by atoms with Gasteiger partial charge < -0.3 is 9.84 Å². The Kier molecular flexibility index (Phi) is 4.64. The molecule has 0 aliphatic rings. The topological polar surface area (TPSA) is 46.5 Å². The average molecular weight is 291 g/mol. The molecule has 0 aliphatic heterocycles. The summed E-state index contributed by atoms with van der Waals surface area (Å²) in [6, 6.07) is 15.4. The first kappa shape index (κ1) is 14.4. The molecule has 104 valence electrons. The van der Waals surface area contributed by atoms with Crippen LogP contribution in [0.3, 0.4) is 0 Å². The number of hydrogen-bond donors (Lipinski definition) is 1. The Hall–Kier alpha value is -2.00. The maximum atomic E-state index is 10.6. The normalized spacial score (nSPS) is 11.9. The first-order chi connectivity index (χ1) is 9.56. The van der Waals surface area contributed by atoms with E-state index < -0.39 is 12.1 Å². The second-order valence-electron chi connectivity index (χ2n) is 4.54. The Labute approximate surface area is 122 Å². The molecule has 0 spiro atoms. The zero-order chi connectivity index (χ0) is 14.5. The smallest absolute Gasteiger partial charge is 0.307 e. The fourth-order valence-corrected chi connectivity index (χ4v) is 2.14. The lowest BCUT2D eigenvalue weighted by Crippen LogP contribution is -2.16. The standard InChI is InChI=1S/C16H15ClO3/c1-11(9-16(18)19)20-15-8-7-13(10-14(15)17)12-5-3-2-4-6-12/h2-8,10-11H,9H2,1H3,(H,18,19)/t11-/m0/s1. The van der Waals surface area contributed by atoms with E-state index in [0.717, 1.165) is 11.1 Å². The molecule has 2 rings (SSSR count). The van der Waals surface area contributed by atoms with E-state index in [1.165, 1.54) is 0 Å². The van der Waals surface area contributed by atoms with E-state index in [1.807, 2.05) is 42.5 Å². The van der Waals surface area contributed by atoms with Crippen LogP contribution in [0.25, 0.3) is 11.1 Å². The highest BCUT2D eigenvalue weighted by atomic mass is 35.5. The van der Waals surface area contributed by atoms with Crippen molar-refractivity contribution in [3.05, 3.63) is 53.6 Å². The molecule has 0 saturated carbocycles. The molecule has 0 unspecified atom stereocenters. The van der Waals surface area contributed by atoms with Gasteiger partial charge in [0.2, 0.25) is 0 Å². The van der Waals surface area contributed by atoms with Crippen molar-refractivity contribution in [2.24, 2.45) is 0 Å². The van der Waals surface area contributed by atoms with E-state index in [4.69, 9.17) is 21.4 Å². The summed E-state index contributed by atoms with van der Waals surface area (Å²) in [5.41, 5.74) is 2.06. The Morgan fingerprint density at radius 3 is 2.50 bits per heavy atom. The quantitative estimate of drug-likeness (QED) is 0.895. The number of hydrogen-bond acceptors (Lipinski definition) is 2. The Morgan fingerprint density at radius 2 is 1.90 bits per heavy atom. The molecule has 0 amide bonds. The molecular weight excluding hydrogens is 276 g/mol. The van der Waals surface area contributed by atoms with Gasteiger partial charge in [-0.2, -0.15) is 0 Å². The predicted octanol–water partition coefficient (Wildman–Crippen LogP) is 4.25. The van der Waals surface area contributed by atoms with Gasteiger partial charge in [0.25, 0.3) is 0 Å². The zero-order valence-corrected chi connectivity index (χ0v) is 11.8. The summed E-state index contributed by atoms with van der Waals surface area (Å²) in [5.74, 6) is -0.394. The van der Waals surface area contributed by atoms with Gasteiger partial charge in [0.15, 0.2) is 0 Å². The van der Waals surface area contributed by atoms with Gasteiger partial charge in [-0.15, -0.1) is 0 Å².